The molecule has 0 bridgehead atoms. The van der Waals surface area contributed by atoms with Gasteiger partial charge in [-0.15, -0.1) is 0 Å². The van der Waals surface area contributed by atoms with Gasteiger partial charge in [-0.05, 0) is 12.1 Å². The molecule has 0 aliphatic carbocycles. The van der Waals surface area contributed by atoms with Crippen LogP contribution in [0.1, 0.15) is 11.7 Å². The van der Waals surface area contributed by atoms with Gasteiger partial charge in [-0.2, -0.15) is 0 Å². The van der Waals surface area contributed by atoms with Gasteiger partial charge < -0.3 is 9.15 Å². The minimum atomic E-state index is 0.528. The molecule has 0 spiro atoms. The Bertz CT molecular complexity index is 175. The average molecular weight is 124 g/mol. The van der Waals surface area contributed by atoms with Crippen molar-refractivity contribution >= 4 is 0 Å². The third-order valence-corrected chi connectivity index (χ3v) is 1.58. The van der Waals surface area contributed by atoms with Crippen LogP contribution in [-0.4, -0.2) is 13.2 Å². The molecular formula is C7H8O2. The quantitative estimate of drug-likeness (QED) is 0.564. The number of furan rings is 1. The zero-order valence-electron chi connectivity index (χ0n) is 5.04. The minimum Gasteiger partial charge on any atom is -0.469 e. The molecule has 1 aliphatic heterocycles. The summed E-state index contributed by atoms with van der Waals surface area (Å²) in [4.78, 5) is 0. The summed E-state index contributed by atoms with van der Waals surface area (Å²) in [5.41, 5.74) is 0. The van der Waals surface area contributed by atoms with Crippen LogP contribution >= 0.6 is 0 Å². The van der Waals surface area contributed by atoms with Crippen molar-refractivity contribution in [3.05, 3.63) is 24.2 Å². The highest BCUT2D eigenvalue weighted by molar-refractivity contribution is 5.07. The lowest BCUT2D eigenvalue weighted by Crippen LogP contribution is -2.24. The maximum Gasteiger partial charge on any atom is 0.111 e. The highest BCUT2D eigenvalue weighted by Gasteiger charge is 2.22. The van der Waals surface area contributed by atoms with Gasteiger partial charge in [0.1, 0.15) is 5.76 Å². The van der Waals surface area contributed by atoms with Crippen molar-refractivity contribution in [3.63, 3.8) is 0 Å². The number of rotatable bonds is 1. The van der Waals surface area contributed by atoms with Crippen LogP contribution < -0.4 is 0 Å². The first-order valence-corrected chi connectivity index (χ1v) is 3.08. The van der Waals surface area contributed by atoms with E-state index in [-0.39, 0.29) is 0 Å². The normalized spacial score (nSPS) is 19.6. The van der Waals surface area contributed by atoms with E-state index in [1.807, 2.05) is 12.1 Å². The van der Waals surface area contributed by atoms with E-state index in [2.05, 4.69) is 0 Å². The summed E-state index contributed by atoms with van der Waals surface area (Å²) in [5.74, 6) is 1.58. The molecule has 0 radical (unpaired) electrons. The van der Waals surface area contributed by atoms with Gasteiger partial charge in [0.15, 0.2) is 0 Å². The van der Waals surface area contributed by atoms with Crippen molar-refractivity contribution in [2.75, 3.05) is 13.2 Å². The molecule has 1 aliphatic rings. The Morgan fingerprint density at radius 2 is 2.33 bits per heavy atom. The molecule has 0 unspecified atom stereocenters. The van der Waals surface area contributed by atoms with Gasteiger partial charge >= 0.3 is 0 Å². The standard InChI is InChI=1S/C7H8O2/c1-2-7(9-3-1)6-4-8-5-6/h1-3,6H,4-5H2. The molecule has 1 aromatic heterocycles. The Kier molecular flexibility index (Phi) is 1.06. The van der Waals surface area contributed by atoms with Gasteiger partial charge in [0, 0.05) is 0 Å². The van der Waals surface area contributed by atoms with Crippen molar-refractivity contribution in [2.24, 2.45) is 0 Å². The van der Waals surface area contributed by atoms with Crippen LogP contribution in [0.4, 0.5) is 0 Å². The monoisotopic (exact) mass is 124 g/mol. The third-order valence-electron chi connectivity index (χ3n) is 1.58. The Morgan fingerprint density at radius 1 is 1.44 bits per heavy atom. The van der Waals surface area contributed by atoms with Crippen molar-refractivity contribution in [2.45, 2.75) is 5.92 Å². The number of ether oxygens (including phenoxy) is 1. The second-order valence-corrected chi connectivity index (χ2v) is 2.25. The molecule has 9 heavy (non-hydrogen) atoms. The average Bonchev–Trinajstić information content (AvgIpc) is 2.11. The summed E-state index contributed by atoms with van der Waals surface area (Å²) < 4.78 is 10.2. The molecular weight excluding hydrogens is 116 g/mol. The summed E-state index contributed by atoms with van der Waals surface area (Å²) in [7, 11) is 0. The highest BCUT2D eigenvalue weighted by Crippen LogP contribution is 2.23. The number of hydrogen-bond donors (Lipinski definition) is 0. The van der Waals surface area contributed by atoms with Crippen LogP contribution in [0.2, 0.25) is 0 Å². The molecule has 0 aromatic carbocycles. The highest BCUT2D eigenvalue weighted by atomic mass is 16.5. The topological polar surface area (TPSA) is 22.4 Å². The summed E-state index contributed by atoms with van der Waals surface area (Å²) in [5, 5.41) is 0. The lowest BCUT2D eigenvalue weighted by molar-refractivity contribution is -0.000117. The number of hydrogen-bond acceptors (Lipinski definition) is 2. The molecule has 1 aromatic rings. The van der Waals surface area contributed by atoms with E-state index in [1.165, 1.54) is 0 Å². The van der Waals surface area contributed by atoms with Crippen LogP contribution in [0.5, 0.6) is 0 Å². The first-order chi connectivity index (χ1) is 4.47. The Morgan fingerprint density at radius 3 is 2.78 bits per heavy atom. The van der Waals surface area contributed by atoms with E-state index in [0.29, 0.717) is 5.92 Å². The fourth-order valence-electron chi connectivity index (χ4n) is 0.924. The van der Waals surface area contributed by atoms with Crippen LogP contribution in [0.15, 0.2) is 22.8 Å². The second-order valence-electron chi connectivity index (χ2n) is 2.25. The van der Waals surface area contributed by atoms with E-state index >= 15 is 0 Å². The first-order valence-electron chi connectivity index (χ1n) is 3.08. The first kappa shape index (κ1) is 5.06. The minimum absolute atomic E-state index is 0.528. The Balaban J connectivity index is 2.14. The van der Waals surface area contributed by atoms with Crippen molar-refractivity contribution in [1.29, 1.82) is 0 Å². The molecule has 48 valence electrons. The molecule has 0 saturated carbocycles. The van der Waals surface area contributed by atoms with Crippen LogP contribution in [-0.2, 0) is 4.74 Å². The lowest BCUT2D eigenvalue weighted by atomic mass is 10.1. The SMILES string of the molecule is c1coc(C2COC2)c1. The van der Waals surface area contributed by atoms with Gasteiger partial charge in [0.25, 0.3) is 0 Å². The second kappa shape index (κ2) is 1.88. The van der Waals surface area contributed by atoms with E-state index in [1.54, 1.807) is 6.26 Å². The van der Waals surface area contributed by atoms with Gasteiger partial charge in [0.2, 0.25) is 0 Å². The maximum absolute atomic E-state index is 5.16. The van der Waals surface area contributed by atoms with Crippen molar-refractivity contribution in [3.8, 4) is 0 Å². The van der Waals surface area contributed by atoms with E-state index in [4.69, 9.17) is 9.15 Å². The van der Waals surface area contributed by atoms with Gasteiger partial charge in [-0.3, -0.25) is 0 Å². The Hall–Kier alpha value is -0.760. The molecule has 0 amide bonds. The predicted octanol–water partition coefficient (Wildman–Crippen LogP) is 1.39. The summed E-state index contributed by atoms with van der Waals surface area (Å²) in [6, 6.07) is 3.90. The maximum atomic E-state index is 5.16. The van der Waals surface area contributed by atoms with Gasteiger partial charge in [0.05, 0.1) is 25.4 Å². The van der Waals surface area contributed by atoms with E-state index in [0.717, 1.165) is 19.0 Å². The van der Waals surface area contributed by atoms with Crippen LogP contribution in [0, 0.1) is 0 Å². The summed E-state index contributed by atoms with van der Waals surface area (Å²) in [6.07, 6.45) is 1.70. The van der Waals surface area contributed by atoms with Gasteiger partial charge in [-0.25, -0.2) is 0 Å². The molecule has 0 N–H and O–H groups in total. The van der Waals surface area contributed by atoms with Crippen molar-refractivity contribution in [1.82, 2.24) is 0 Å². The molecule has 0 atom stereocenters. The fourth-order valence-corrected chi connectivity index (χ4v) is 0.924. The van der Waals surface area contributed by atoms with Crippen LogP contribution in [0.3, 0.4) is 0 Å². The molecule has 2 nitrogen and oxygen atoms in total. The molecule has 2 heterocycles. The molecule has 2 rings (SSSR count). The zero-order valence-corrected chi connectivity index (χ0v) is 5.04. The summed E-state index contributed by atoms with van der Waals surface area (Å²) in [6.45, 7) is 1.65. The zero-order chi connectivity index (χ0) is 6.10. The smallest absolute Gasteiger partial charge is 0.111 e. The predicted molar refractivity (Wildman–Crippen MR) is 32.3 cm³/mol. The van der Waals surface area contributed by atoms with E-state index in [9.17, 15) is 0 Å². The lowest BCUT2D eigenvalue weighted by Gasteiger charge is -2.23. The molecule has 2 heteroatoms. The van der Waals surface area contributed by atoms with E-state index < -0.39 is 0 Å². The fraction of sp³-hybridized carbons (Fsp3) is 0.429. The molecule has 1 saturated heterocycles. The summed E-state index contributed by atoms with van der Waals surface area (Å²) >= 11 is 0. The van der Waals surface area contributed by atoms with Crippen LogP contribution in [0.25, 0.3) is 0 Å². The third kappa shape index (κ3) is 0.754. The van der Waals surface area contributed by atoms with Gasteiger partial charge in [-0.1, -0.05) is 0 Å². The van der Waals surface area contributed by atoms with Crippen molar-refractivity contribution < 1.29 is 9.15 Å². The largest absolute Gasteiger partial charge is 0.469 e. The Labute approximate surface area is 53.4 Å². The molecule has 1 fully saturated rings.